The average Bonchev–Trinajstić information content (AvgIpc) is 2.16. The van der Waals surface area contributed by atoms with E-state index in [1.54, 1.807) is 19.1 Å². The van der Waals surface area contributed by atoms with Crippen molar-refractivity contribution in [1.29, 1.82) is 0 Å². The Morgan fingerprint density at radius 2 is 2.00 bits per heavy atom. The number of aryl methyl sites for hydroxylation is 1. The van der Waals surface area contributed by atoms with Gasteiger partial charge in [-0.15, -0.1) is 12.4 Å². The molecule has 1 aromatic rings. The van der Waals surface area contributed by atoms with E-state index in [4.69, 9.17) is 5.73 Å². The second kappa shape index (κ2) is 6.57. The first-order chi connectivity index (χ1) is 7.41. The lowest BCUT2D eigenvalue weighted by Gasteiger charge is -2.14. The van der Waals surface area contributed by atoms with Gasteiger partial charge < -0.3 is 5.73 Å². The van der Waals surface area contributed by atoms with E-state index < -0.39 is 0 Å². The van der Waals surface area contributed by atoms with Gasteiger partial charge in [-0.1, -0.05) is 26.0 Å². The third-order valence-electron chi connectivity index (χ3n) is 2.58. The Bertz CT molecular complexity index is 394. The monoisotopic (exact) mass is 258 g/mol. The van der Waals surface area contributed by atoms with E-state index in [0.717, 1.165) is 12.0 Å². The summed E-state index contributed by atoms with van der Waals surface area (Å²) >= 11 is 0. The number of nitro benzene ring substituents is 1. The molecule has 0 saturated heterocycles. The van der Waals surface area contributed by atoms with Crippen molar-refractivity contribution in [2.75, 3.05) is 0 Å². The molecule has 0 aliphatic heterocycles. The van der Waals surface area contributed by atoms with Crippen LogP contribution in [-0.4, -0.2) is 4.92 Å². The van der Waals surface area contributed by atoms with Crippen LogP contribution in [0.5, 0.6) is 0 Å². The van der Waals surface area contributed by atoms with Crippen LogP contribution < -0.4 is 5.73 Å². The highest BCUT2D eigenvalue weighted by atomic mass is 35.5. The Morgan fingerprint density at radius 1 is 1.41 bits per heavy atom. The lowest BCUT2D eigenvalue weighted by atomic mass is 9.96. The smallest absolute Gasteiger partial charge is 0.272 e. The molecular weight excluding hydrogens is 240 g/mol. The molecule has 0 radical (unpaired) electrons. The number of halogens is 1. The normalized spacial score (nSPS) is 12.1. The summed E-state index contributed by atoms with van der Waals surface area (Å²) in [6.45, 7) is 5.90. The Morgan fingerprint density at radius 3 is 2.47 bits per heavy atom. The summed E-state index contributed by atoms with van der Waals surface area (Å²) in [4.78, 5) is 10.4. The molecule has 0 aliphatic rings. The van der Waals surface area contributed by atoms with Gasteiger partial charge in [0.15, 0.2) is 0 Å². The van der Waals surface area contributed by atoms with Crippen LogP contribution >= 0.6 is 12.4 Å². The third kappa shape index (κ3) is 4.32. The van der Waals surface area contributed by atoms with E-state index in [0.29, 0.717) is 11.5 Å². The highest BCUT2D eigenvalue weighted by Crippen LogP contribution is 2.25. The van der Waals surface area contributed by atoms with Crippen LogP contribution in [-0.2, 0) is 0 Å². The summed E-state index contributed by atoms with van der Waals surface area (Å²) in [6.07, 6.45) is 0.834. The molecule has 0 saturated carbocycles. The molecular formula is C12H19ClN2O2. The van der Waals surface area contributed by atoms with Crippen molar-refractivity contribution in [3.05, 3.63) is 39.4 Å². The molecule has 0 heterocycles. The Balaban J connectivity index is 0.00000256. The van der Waals surface area contributed by atoms with Crippen molar-refractivity contribution >= 4 is 18.1 Å². The Hall–Kier alpha value is -1.13. The molecule has 4 nitrogen and oxygen atoms in total. The number of nitro groups is 1. The predicted molar refractivity (Wildman–Crippen MR) is 71.5 cm³/mol. The van der Waals surface area contributed by atoms with E-state index in [9.17, 15) is 10.1 Å². The predicted octanol–water partition coefficient (Wildman–Crippen LogP) is 3.37. The molecule has 0 fully saturated rings. The maximum Gasteiger partial charge on any atom is 0.272 e. The minimum Gasteiger partial charge on any atom is -0.324 e. The molecule has 1 rings (SSSR count). The molecule has 0 aliphatic carbocycles. The number of hydrogen-bond acceptors (Lipinski definition) is 3. The highest BCUT2D eigenvalue weighted by Gasteiger charge is 2.15. The fourth-order valence-electron chi connectivity index (χ4n) is 1.70. The van der Waals surface area contributed by atoms with E-state index in [1.165, 1.54) is 0 Å². The number of nitrogens with zero attached hydrogens (tertiary/aromatic N) is 1. The van der Waals surface area contributed by atoms with Crippen LogP contribution in [0.15, 0.2) is 18.2 Å². The summed E-state index contributed by atoms with van der Waals surface area (Å²) in [5.41, 5.74) is 7.65. The second-order valence-electron chi connectivity index (χ2n) is 4.54. The zero-order valence-corrected chi connectivity index (χ0v) is 11.2. The lowest BCUT2D eigenvalue weighted by molar-refractivity contribution is -0.385. The molecule has 0 amide bonds. The van der Waals surface area contributed by atoms with E-state index in [-0.39, 0.29) is 29.1 Å². The van der Waals surface area contributed by atoms with Crippen molar-refractivity contribution in [1.82, 2.24) is 0 Å². The van der Waals surface area contributed by atoms with Crippen LogP contribution in [0.2, 0.25) is 0 Å². The van der Waals surface area contributed by atoms with Gasteiger partial charge >= 0.3 is 0 Å². The van der Waals surface area contributed by atoms with Crippen LogP contribution in [0.4, 0.5) is 5.69 Å². The summed E-state index contributed by atoms with van der Waals surface area (Å²) in [6, 6.07) is 5.09. The number of hydrogen-bond donors (Lipinski definition) is 1. The zero-order valence-electron chi connectivity index (χ0n) is 10.3. The topological polar surface area (TPSA) is 69.2 Å². The molecule has 1 atom stereocenters. The molecule has 96 valence electrons. The molecule has 0 spiro atoms. The standard InChI is InChI=1S/C12H18N2O2.ClH/c1-8(2)6-11(13)10-5-4-9(3)12(7-10)14(15)16;/h4-5,7-8,11H,6,13H2,1-3H3;1H/t11-;/m0./s1. The molecule has 17 heavy (non-hydrogen) atoms. The van der Waals surface area contributed by atoms with Crippen LogP contribution in [0.1, 0.15) is 37.4 Å². The molecule has 0 bridgehead atoms. The SMILES string of the molecule is Cc1ccc([C@@H](N)CC(C)C)cc1[N+](=O)[O-].Cl. The first kappa shape index (κ1) is 15.9. The fourth-order valence-corrected chi connectivity index (χ4v) is 1.70. The van der Waals surface area contributed by atoms with Crippen molar-refractivity contribution in [2.24, 2.45) is 11.7 Å². The van der Waals surface area contributed by atoms with Gasteiger partial charge in [-0.05, 0) is 24.8 Å². The van der Waals surface area contributed by atoms with Crippen LogP contribution in [0, 0.1) is 23.0 Å². The van der Waals surface area contributed by atoms with Crippen LogP contribution in [0.3, 0.4) is 0 Å². The van der Waals surface area contributed by atoms with Crippen LogP contribution in [0.25, 0.3) is 0 Å². The van der Waals surface area contributed by atoms with Crippen molar-refractivity contribution in [2.45, 2.75) is 33.2 Å². The fraction of sp³-hybridized carbons (Fsp3) is 0.500. The van der Waals surface area contributed by atoms with Gasteiger partial charge in [0.25, 0.3) is 5.69 Å². The second-order valence-corrected chi connectivity index (χ2v) is 4.54. The van der Waals surface area contributed by atoms with Gasteiger partial charge in [0.1, 0.15) is 0 Å². The average molecular weight is 259 g/mol. The quantitative estimate of drug-likeness (QED) is 0.665. The first-order valence-electron chi connectivity index (χ1n) is 5.42. The minimum atomic E-state index is -0.360. The molecule has 5 heteroatoms. The molecule has 0 unspecified atom stereocenters. The van der Waals surface area contributed by atoms with E-state index >= 15 is 0 Å². The number of rotatable bonds is 4. The Labute approximate surface area is 108 Å². The molecule has 1 aromatic carbocycles. The largest absolute Gasteiger partial charge is 0.324 e. The molecule has 2 N–H and O–H groups in total. The maximum absolute atomic E-state index is 10.8. The number of benzene rings is 1. The van der Waals surface area contributed by atoms with Gasteiger partial charge in [-0.25, -0.2) is 0 Å². The first-order valence-corrected chi connectivity index (χ1v) is 5.42. The number of nitrogens with two attached hydrogens (primary N) is 1. The summed E-state index contributed by atoms with van der Waals surface area (Å²) < 4.78 is 0. The van der Waals surface area contributed by atoms with Gasteiger partial charge in [0.05, 0.1) is 4.92 Å². The van der Waals surface area contributed by atoms with E-state index in [1.807, 2.05) is 6.07 Å². The summed E-state index contributed by atoms with van der Waals surface area (Å²) in [5.74, 6) is 0.482. The Kier molecular flexibility index (Phi) is 6.13. The summed E-state index contributed by atoms with van der Waals surface area (Å²) in [7, 11) is 0. The van der Waals surface area contributed by atoms with Gasteiger partial charge in [0, 0.05) is 17.7 Å². The lowest BCUT2D eigenvalue weighted by Crippen LogP contribution is -2.13. The highest BCUT2D eigenvalue weighted by molar-refractivity contribution is 5.85. The van der Waals surface area contributed by atoms with Gasteiger partial charge in [-0.2, -0.15) is 0 Å². The van der Waals surface area contributed by atoms with Crippen molar-refractivity contribution < 1.29 is 4.92 Å². The van der Waals surface area contributed by atoms with Gasteiger partial charge in [-0.3, -0.25) is 10.1 Å². The molecule has 0 aromatic heterocycles. The van der Waals surface area contributed by atoms with Crippen molar-refractivity contribution in [3.63, 3.8) is 0 Å². The minimum absolute atomic E-state index is 0. The van der Waals surface area contributed by atoms with Gasteiger partial charge in [0.2, 0.25) is 0 Å². The summed E-state index contributed by atoms with van der Waals surface area (Å²) in [5, 5.41) is 10.8. The van der Waals surface area contributed by atoms with E-state index in [2.05, 4.69) is 13.8 Å². The third-order valence-corrected chi connectivity index (χ3v) is 2.58. The van der Waals surface area contributed by atoms with Crippen molar-refractivity contribution in [3.8, 4) is 0 Å². The maximum atomic E-state index is 10.8. The zero-order chi connectivity index (χ0) is 12.3.